The summed E-state index contributed by atoms with van der Waals surface area (Å²) in [6.07, 6.45) is 29.7. The number of nitrogens with one attached hydrogen (secondary N) is 2. The third kappa shape index (κ3) is 26.8. The smallest absolute Gasteiger partial charge is 0.220 e. The predicted molar refractivity (Wildman–Crippen MR) is 148 cm³/mol. The molecule has 0 aromatic carbocycles. The molecule has 2 N–H and O–H groups in total. The van der Waals surface area contributed by atoms with Crippen LogP contribution >= 0.6 is 0 Å². The molecule has 0 spiro atoms. The Labute approximate surface area is 211 Å². The highest BCUT2D eigenvalue weighted by Gasteiger charge is 2.01. The second-order valence-corrected chi connectivity index (χ2v) is 9.47. The highest BCUT2D eigenvalue weighted by atomic mass is 16.1. The standard InChI is InChI=1S/C30H56N2O2/c1-3-5-7-18-23-29(33)24-19-16-14-12-10-9-11-13-15-17-21-26-31-27-22-28-32-30(34)25-20-8-6-4-2/h5-8,31H,3-4,9-28H2,1-2H3,(H,32,34)/b7-5-,8-6-. The van der Waals surface area contributed by atoms with E-state index in [0.29, 0.717) is 12.2 Å². The molecule has 1 amide bonds. The average molecular weight is 477 g/mol. The summed E-state index contributed by atoms with van der Waals surface area (Å²) < 4.78 is 0. The maximum absolute atomic E-state index is 11.8. The van der Waals surface area contributed by atoms with Gasteiger partial charge in [0.1, 0.15) is 5.78 Å². The Hall–Kier alpha value is -1.42. The fourth-order valence-corrected chi connectivity index (χ4v) is 3.97. The Kier molecular flexibility index (Phi) is 26.7. The van der Waals surface area contributed by atoms with Crippen molar-refractivity contribution in [3.05, 3.63) is 24.3 Å². The van der Waals surface area contributed by atoms with Crippen molar-refractivity contribution in [3.63, 3.8) is 0 Å². The third-order valence-corrected chi connectivity index (χ3v) is 6.09. The summed E-state index contributed by atoms with van der Waals surface area (Å²) in [5, 5.41) is 6.49. The van der Waals surface area contributed by atoms with Gasteiger partial charge in [0.05, 0.1) is 0 Å². The van der Waals surface area contributed by atoms with Crippen molar-refractivity contribution in [3.8, 4) is 0 Å². The van der Waals surface area contributed by atoms with Gasteiger partial charge in [0.2, 0.25) is 5.91 Å². The van der Waals surface area contributed by atoms with Crippen LogP contribution in [0.4, 0.5) is 0 Å². The Morgan fingerprint density at radius 3 is 1.62 bits per heavy atom. The van der Waals surface area contributed by atoms with Crippen LogP contribution in [-0.4, -0.2) is 31.3 Å². The minimum absolute atomic E-state index is 0.166. The van der Waals surface area contributed by atoms with Crippen LogP contribution in [0.25, 0.3) is 0 Å². The molecule has 0 saturated carbocycles. The SMILES string of the molecule is CC/C=C\CCC(=O)CCCCCCCCCCCCCNCCCNC(=O)CC/C=C\CC. The first-order valence-electron chi connectivity index (χ1n) is 14.5. The number of rotatable bonds is 26. The molecule has 0 aliphatic carbocycles. The number of amides is 1. The molecule has 0 rings (SSSR count). The van der Waals surface area contributed by atoms with E-state index in [2.05, 4.69) is 48.8 Å². The normalized spacial score (nSPS) is 11.6. The highest BCUT2D eigenvalue weighted by Crippen LogP contribution is 2.12. The van der Waals surface area contributed by atoms with E-state index in [1.54, 1.807) is 0 Å². The number of carbonyl (C=O) groups excluding carboxylic acids is 2. The van der Waals surface area contributed by atoms with E-state index in [0.717, 1.165) is 71.0 Å². The van der Waals surface area contributed by atoms with E-state index in [-0.39, 0.29) is 5.91 Å². The number of ketones is 1. The van der Waals surface area contributed by atoms with Crippen molar-refractivity contribution in [1.82, 2.24) is 10.6 Å². The molecule has 34 heavy (non-hydrogen) atoms. The molecule has 4 nitrogen and oxygen atoms in total. The fourth-order valence-electron chi connectivity index (χ4n) is 3.97. The van der Waals surface area contributed by atoms with Gasteiger partial charge in [-0.1, -0.05) is 95.9 Å². The third-order valence-electron chi connectivity index (χ3n) is 6.09. The second kappa shape index (κ2) is 27.8. The lowest BCUT2D eigenvalue weighted by atomic mass is 10.0. The molecular formula is C30H56N2O2. The molecule has 0 fully saturated rings. The van der Waals surface area contributed by atoms with Crippen molar-refractivity contribution in [1.29, 1.82) is 0 Å². The summed E-state index contributed by atoms with van der Waals surface area (Å²) in [4.78, 5) is 23.4. The molecule has 198 valence electrons. The monoisotopic (exact) mass is 476 g/mol. The zero-order valence-electron chi connectivity index (χ0n) is 22.7. The van der Waals surface area contributed by atoms with E-state index in [4.69, 9.17) is 0 Å². The van der Waals surface area contributed by atoms with Gasteiger partial charge in [0.25, 0.3) is 0 Å². The van der Waals surface area contributed by atoms with E-state index in [1.807, 2.05) is 0 Å². The zero-order valence-corrected chi connectivity index (χ0v) is 22.7. The van der Waals surface area contributed by atoms with Gasteiger partial charge in [-0.15, -0.1) is 0 Å². The van der Waals surface area contributed by atoms with Gasteiger partial charge in [-0.2, -0.15) is 0 Å². The van der Waals surface area contributed by atoms with Gasteiger partial charge in [-0.3, -0.25) is 9.59 Å². The van der Waals surface area contributed by atoms with E-state index < -0.39 is 0 Å². The Bertz CT molecular complexity index is 468. The van der Waals surface area contributed by atoms with E-state index in [1.165, 1.54) is 64.2 Å². The Morgan fingerprint density at radius 2 is 1.03 bits per heavy atom. The molecule has 0 aromatic heterocycles. The quantitative estimate of drug-likeness (QED) is 0.0988. The molecule has 0 aliphatic rings. The topological polar surface area (TPSA) is 58.2 Å². The van der Waals surface area contributed by atoms with Crippen LogP contribution in [0, 0.1) is 0 Å². The average Bonchev–Trinajstić information content (AvgIpc) is 2.83. The number of carbonyl (C=O) groups is 2. The van der Waals surface area contributed by atoms with Crippen molar-refractivity contribution in [2.45, 2.75) is 136 Å². The van der Waals surface area contributed by atoms with Gasteiger partial charge >= 0.3 is 0 Å². The minimum atomic E-state index is 0.166. The van der Waals surface area contributed by atoms with Crippen molar-refractivity contribution < 1.29 is 9.59 Å². The van der Waals surface area contributed by atoms with Crippen LogP contribution in [0.2, 0.25) is 0 Å². The summed E-state index contributed by atoms with van der Waals surface area (Å²) in [5.41, 5.74) is 0. The number of Topliss-reactive ketones (excluding diaryl/α,β-unsaturated/α-hetero) is 1. The minimum Gasteiger partial charge on any atom is -0.356 e. The second-order valence-electron chi connectivity index (χ2n) is 9.47. The first-order chi connectivity index (χ1) is 16.7. The van der Waals surface area contributed by atoms with Crippen LogP contribution in [0.15, 0.2) is 24.3 Å². The predicted octanol–water partition coefficient (Wildman–Crippen LogP) is 7.83. The molecule has 4 heteroatoms. The van der Waals surface area contributed by atoms with Gasteiger partial charge in [0, 0.05) is 25.8 Å². The molecule has 0 radical (unpaired) electrons. The number of hydrogen-bond donors (Lipinski definition) is 2. The highest BCUT2D eigenvalue weighted by molar-refractivity contribution is 5.78. The Morgan fingerprint density at radius 1 is 0.529 bits per heavy atom. The van der Waals surface area contributed by atoms with Gasteiger partial charge in [-0.25, -0.2) is 0 Å². The van der Waals surface area contributed by atoms with Gasteiger partial charge in [0.15, 0.2) is 0 Å². The number of allylic oxidation sites excluding steroid dienone is 4. The molecule has 0 unspecified atom stereocenters. The number of hydrogen-bond acceptors (Lipinski definition) is 3. The van der Waals surface area contributed by atoms with Crippen LogP contribution < -0.4 is 10.6 Å². The molecule has 0 aromatic rings. The van der Waals surface area contributed by atoms with E-state index >= 15 is 0 Å². The first kappa shape index (κ1) is 32.6. The van der Waals surface area contributed by atoms with Crippen LogP contribution in [0.3, 0.4) is 0 Å². The lowest BCUT2D eigenvalue weighted by Gasteiger charge is -2.06. The summed E-state index contributed by atoms with van der Waals surface area (Å²) in [6.45, 7) is 7.09. The molecule has 0 saturated heterocycles. The maximum Gasteiger partial charge on any atom is 0.220 e. The van der Waals surface area contributed by atoms with Crippen molar-refractivity contribution in [2.75, 3.05) is 19.6 Å². The molecule has 0 atom stereocenters. The first-order valence-corrected chi connectivity index (χ1v) is 14.5. The number of unbranched alkanes of at least 4 members (excludes halogenated alkanes) is 10. The van der Waals surface area contributed by atoms with Crippen LogP contribution in [0.1, 0.15) is 136 Å². The maximum atomic E-state index is 11.8. The molecular weight excluding hydrogens is 420 g/mol. The summed E-state index contributed by atoms with van der Waals surface area (Å²) >= 11 is 0. The lowest BCUT2D eigenvalue weighted by Crippen LogP contribution is -2.27. The zero-order chi connectivity index (χ0) is 25.0. The van der Waals surface area contributed by atoms with E-state index in [9.17, 15) is 9.59 Å². The largest absolute Gasteiger partial charge is 0.356 e. The molecule has 0 bridgehead atoms. The van der Waals surface area contributed by atoms with Crippen LogP contribution in [-0.2, 0) is 9.59 Å². The molecule has 0 heterocycles. The van der Waals surface area contributed by atoms with Gasteiger partial charge in [-0.05, 0) is 58.0 Å². The summed E-state index contributed by atoms with van der Waals surface area (Å²) in [6, 6.07) is 0. The van der Waals surface area contributed by atoms with Gasteiger partial charge < -0.3 is 10.6 Å². The van der Waals surface area contributed by atoms with Crippen molar-refractivity contribution >= 4 is 11.7 Å². The summed E-state index contributed by atoms with van der Waals surface area (Å²) in [7, 11) is 0. The van der Waals surface area contributed by atoms with Crippen molar-refractivity contribution in [2.24, 2.45) is 0 Å². The Balaban J connectivity index is 3.19. The fraction of sp³-hybridized carbons (Fsp3) is 0.800. The summed E-state index contributed by atoms with van der Waals surface area (Å²) in [5.74, 6) is 0.602. The lowest BCUT2D eigenvalue weighted by molar-refractivity contribution is -0.121. The van der Waals surface area contributed by atoms with Crippen LogP contribution in [0.5, 0.6) is 0 Å². The molecule has 0 aliphatic heterocycles.